The maximum Gasteiger partial charge on any atom is 0.509 e. The number of ether oxygens (including phenoxy) is 3. The molecule has 0 aromatic heterocycles. The van der Waals surface area contributed by atoms with Crippen molar-refractivity contribution in [2.45, 2.75) is 45.6 Å². The minimum absolute atomic E-state index is 0.326. The van der Waals surface area contributed by atoms with Gasteiger partial charge >= 0.3 is 12.1 Å². The van der Waals surface area contributed by atoms with Crippen LogP contribution >= 0.6 is 0 Å². The molecule has 16 heavy (non-hydrogen) atoms. The topological polar surface area (TPSA) is 61.8 Å². The zero-order chi connectivity index (χ0) is 12.4. The number of carbonyl (C=O) groups excluding carboxylic acids is 2. The predicted molar refractivity (Wildman–Crippen MR) is 58.1 cm³/mol. The van der Waals surface area contributed by atoms with Crippen LogP contribution in [0.1, 0.15) is 39.5 Å². The average molecular weight is 232 g/mol. The monoisotopic (exact) mass is 232 g/mol. The first kappa shape index (κ1) is 14.7. The lowest BCUT2D eigenvalue weighted by molar-refractivity contribution is -0.150. The van der Waals surface area contributed by atoms with E-state index < -0.39 is 18.2 Å². The molecule has 0 aromatic carbocycles. The minimum Gasteiger partial charge on any atom is -0.466 e. The second-order valence-corrected chi connectivity index (χ2v) is 3.44. The largest absolute Gasteiger partial charge is 0.509 e. The summed E-state index contributed by atoms with van der Waals surface area (Å²) in [6, 6.07) is 0. The van der Waals surface area contributed by atoms with Crippen LogP contribution in [0.3, 0.4) is 0 Å². The molecule has 5 nitrogen and oxygen atoms in total. The Balaban J connectivity index is 3.54. The van der Waals surface area contributed by atoms with Crippen LogP contribution < -0.4 is 0 Å². The molecule has 0 aliphatic carbocycles. The Bertz CT molecular complexity index is 214. The van der Waals surface area contributed by atoms with E-state index >= 15 is 0 Å². The van der Waals surface area contributed by atoms with E-state index in [4.69, 9.17) is 4.74 Å². The molecule has 94 valence electrons. The summed E-state index contributed by atoms with van der Waals surface area (Å²) >= 11 is 0. The Morgan fingerprint density at radius 1 is 1.19 bits per heavy atom. The van der Waals surface area contributed by atoms with Gasteiger partial charge in [-0.3, -0.25) is 0 Å². The van der Waals surface area contributed by atoms with Gasteiger partial charge in [0.05, 0.1) is 13.7 Å². The molecule has 0 aromatic rings. The van der Waals surface area contributed by atoms with Crippen LogP contribution in [0, 0.1) is 0 Å². The van der Waals surface area contributed by atoms with Crippen molar-refractivity contribution < 1.29 is 23.8 Å². The number of esters is 1. The molecule has 0 saturated heterocycles. The summed E-state index contributed by atoms with van der Waals surface area (Å²) in [5.41, 5.74) is 0. The van der Waals surface area contributed by atoms with Crippen molar-refractivity contribution in [1.29, 1.82) is 0 Å². The van der Waals surface area contributed by atoms with E-state index in [-0.39, 0.29) is 0 Å². The Hall–Kier alpha value is -1.26. The summed E-state index contributed by atoms with van der Waals surface area (Å²) in [5, 5.41) is 0. The van der Waals surface area contributed by atoms with Gasteiger partial charge in [0.2, 0.25) is 0 Å². The average Bonchev–Trinajstić information content (AvgIpc) is 2.27. The Kier molecular flexibility index (Phi) is 8.29. The number of hydrogen-bond acceptors (Lipinski definition) is 5. The molecule has 1 unspecified atom stereocenters. The van der Waals surface area contributed by atoms with Crippen molar-refractivity contribution in [3.8, 4) is 0 Å². The SMILES string of the molecule is CCCCCCOC(=O)OC(C)C(=O)OC. The van der Waals surface area contributed by atoms with E-state index in [0.29, 0.717) is 6.61 Å². The number of rotatable bonds is 7. The predicted octanol–water partition coefficient (Wildman–Crippen LogP) is 2.28. The standard InChI is InChI=1S/C11H20O5/c1-4-5-6-7-8-15-11(13)16-9(2)10(12)14-3/h9H,4-8H2,1-3H3. The Morgan fingerprint density at radius 3 is 2.44 bits per heavy atom. The van der Waals surface area contributed by atoms with Gasteiger partial charge in [-0.2, -0.15) is 0 Å². The molecule has 0 amide bonds. The van der Waals surface area contributed by atoms with Crippen LogP contribution in [0.5, 0.6) is 0 Å². The first-order chi connectivity index (χ1) is 7.61. The number of methoxy groups -OCH3 is 1. The summed E-state index contributed by atoms with van der Waals surface area (Å²) in [6.07, 6.45) is 2.34. The lowest BCUT2D eigenvalue weighted by Gasteiger charge is -2.10. The first-order valence-electron chi connectivity index (χ1n) is 5.53. The number of unbranched alkanes of at least 4 members (excludes halogenated alkanes) is 3. The maximum atomic E-state index is 11.1. The molecule has 1 atom stereocenters. The van der Waals surface area contributed by atoms with Crippen molar-refractivity contribution in [3.05, 3.63) is 0 Å². The highest BCUT2D eigenvalue weighted by Gasteiger charge is 2.18. The van der Waals surface area contributed by atoms with Gasteiger partial charge in [0.1, 0.15) is 0 Å². The summed E-state index contributed by atoms with van der Waals surface area (Å²) in [4.78, 5) is 22.0. The fraction of sp³-hybridized carbons (Fsp3) is 0.818. The minimum atomic E-state index is -0.923. The van der Waals surface area contributed by atoms with Gasteiger partial charge in [-0.1, -0.05) is 26.2 Å². The third-order valence-electron chi connectivity index (χ3n) is 2.02. The fourth-order valence-electron chi connectivity index (χ4n) is 1.08. The summed E-state index contributed by atoms with van der Waals surface area (Å²) < 4.78 is 13.9. The smallest absolute Gasteiger partial charge is 0.466 e. The molecule has 0 aliphatic heterocycles. The lowest BCUT2D eigenvalue weighted by atomic mass is 10.2. The van der Waals surface area contributed by atoms with Crippen molar-refractivity contribution in [2.75, 3.05) is 13.7 Å². The van der Waals surface area contributed by atoms with Gasteiger partial charge in [-0.15, -0.1) is 0 Å². The van der Waals surface area contributed by atoms with Crippen LogP contribution in [0.15, 0.2) is 0 Å². The van der Waals surface area contributed by atoms with E-state index in [0.717, 1.165) is 25.7 Å². The zero-order valence-electron chi connectivity index (χ0n) is 10.2. The van der Waals surface area contributed by atoms with Gasteiger partial charge in [-0.05, 0) is 13.3 Å². The van der Waals surface area contributed by atoms with Gasteiger partial charge in [-0.25, -0.2) is 9.59 Å². The van der Waals surface area contributed by atoms with E-state index in [9.17, 15) is 9.59 Å². The Labute approximate surface area is 96.1 Å². The molecule has 0 saturated carbocycles. The second kappa shape index (κ2) is 9.00. The van der Waals surface area contributed by atoms with E-state index in [1.165, 1.54) is 14.0 Å². The van der Waals surface area contributed by atoms with Crippen LogP contribution in [0.2, 0.25) is 0 Å². The summed E-state index contributed by atoms with van der Waals surface area (Å²) in [7, 11) is 1.23. The summed E-state index contributed by atoms with van der Waals surface area (Å²) in [6.45, 7) is 3.87. The highest BCUT2D eigenvalue weighted by molar-refractivity contribution is 5.76. The van der Waals surface area contributed by atoms with Gasteiger partial charge in [0, 0.05) is 0 Å². The van der Waals surface area contributed by atoms with Crippen LogP contribution in [0.25, 0.3) is 0 Å². The second-order valence-electron chi connectivity index (χ2n) is 3.44. The van der Waals surface area contributed by atoms with Crippen molar-refractivity contribution >= 4 is 12.1 Å². The molecular weight excluding hydrogens is 212 g/mol. The third kappa shape index (κ3) is 7.09. The van der Waals surface area contributed by atoms with E-state index in [1.807, 2.05) is 0 Å². The molecule has 0 radical (unpaired) electrons. The molecule has 0 N–H and O–H groups in total. The Morgan fingerprint density at radius 2 is 1.88 bits per heavy atom. The first-order valence-corrected chi connectivity index (χ1v) is 5.53. The van der Waals surface area contributed by atoms with Gasteiger partial charge < -0.3 is 14.2 Å². The van der Waals surface area contributed by atoms with Crippen molar-refractivity contribution in [3.63, 3.8) is 0 Å². The maximum absolute atomic E-state index is 11.1. The normalized spacial score (nSPS) is 11.7. The molecule has 0 bridgehead atoms. The fourth-order valence-corrected chi connectivity index (χ4v) is 1.08. The molecule has 0 fully saturated rings. The van der Waals surface area contributed by atoms with Gasteiger partial charge in [0.15, 0.2) is 6.10 Å². The van der Waals surface area contributed by atoms with Crippen LogP contribution in [-0.4, -0.2) is 31.9 Å². The molecule has 0 rings (SSSR count). The van der Waals surface area contributed by atoms with Gasteiger partial charge in [0.25, 0.3) is 0 Å². The highest BCUT2D eigenvalue weighted by Crippen LogP contribution is 2.01. The highest BCUT2D eigenvalue weighted by atomic mass is 16.7. The van der Waals surface area contributed by atoms with Crippen LogP contribution in [0.4, 0.5) is 4.79 Å². The molecule has 0 heterocycles. The zero-order valence-corrected chi connectivity index (χ0v) is 10.2. The molecule has 0 aliphatic rings. The number of hydrogen-bond donors (Lipinski definition) is 0. The molecule has 0 spiro atoms. The quantitative estimate of drug-likeness (QED) is 0.497. The third-order valence-corrected chi connectivity index (χ3v) is 2.02. The van der Waals surface area contributed by atoms with Crippen LogP contribution in [-0.2, 0) is 19.0 Å². The van der Waals surface area contributed by atoms with E-state index in [1.54, 1.807) is 0 Å². The lowest BCUT2D eigenvalue weighted by Crippen LogP contribution is -2.25. The van der Waals surface area contributed by atoms with Crippen molar-refractivity contribution in [2.24, 2.45) is 0 Å². The van der Waals surface area contributed by atoms with Crippen molar-refractivity contribution in [1.82, 2.24) is 0 Å². The molecule has 5 heteroatoms. The molecular formula is C11H20O5. The van der Waals surface area contributed by atoms with E-state index in [2.05, 4.69) is 16.4 Å². The summed E-state index contributed by atoms with van der Waals surface area (Å²) in [5.74, 6) is -0.595. The number of carbonyl (C=O) groups is 2.